The number of rotatable bonds is 1. The third kappa shape index (κ3) is 2.83. The topological polar surface area (TPSA) is 32.3 Å². The van der Waals surface area contributed by atoms with Crippen molar-refractivity contribution in [3.05, 3.63) is 0 Å². The summed E-state index contributed by atoms with van der Waals surface area (Å²) in [6.45, 7) is 1.02. The molecule has 1 saturated carbocycles. The summed E-state index contributed by atoms with van der Waals surface area (Å²) in [6, 6.07) is 0.622. The zero-order valence-corrected chi connectivity index (χ0v) is 8.85. The van der Waals surface area contributed by atoms with Gasteiger partial charge in [0.25, 0.3) is 0 Å². The third-order valence-electron chi connectivity index (χ3n) is 3.38. The van der Waals surface area contributed by atoms with Gasteiger partial charge >= 0.3 is 0 Å². The minimum Gasteiger partial charge on any atom is -0.393 e. The van der Waals surface area contributed by atoms with E-state index in [1.807, 2.05) is 0 Å². The van der Waals surface area contributed by atoms with Gasteiger partial charge in [0.05, 0.1) is 6.10 Å². The van der Waals surface area contributed by atoms with Crippen LogP contribution >= 0.6 is 12.4 Å². The van der Waals surface area contributed by atoms with Gasteiger partial charge in [0.1, 0.15) is 0 Å². The van der Waals surface area contributed by atoms with E-state index in [4.69, 9.17) is 0 Å². The maximum Gasteiger partial charge on any atom is 0.0567 e. The lowest BCUT2D eigenvalue weighted by Crippen LogP contribution is -2.44. The standard InChI is InChI=1S/C10H19NO.ClH/c12-9-5-6-11-10(7-9)8-3-1-2-4-8;/h8-12H,1-7H2;1H. The van der Waals surface area contributed by atoms with E-state index in [9.17, 15) is 5.11 Å². The Morgan fingerprint density at radius 3 is 2.38 bits per heavy atom. The molecule has 1 aliphatic carbocycles. The number of piperidine rings is 1. The van der Waals surface area contributed by atoms with Gasteiger partial charge in [-0.3, -0.25) is 0 Å². The van der Waals surface area contributed by atoms with E-state index in [0.29, 0.717) is 6.04 Å². The van der Waals surface area contributed by atoms with Gasteiger partial charge in [-0.15, -0.1) is 12.4 Å². The first kappa shape index (κ1) is 11.3. The molecule has 0 aromatic rings. The molecule has 78 valence electrons. The van der Waals surface area contributed by atoms with Gasteiger partial charge < -0.3 is 10.4 Å². The van der Waals surface area contributed by atoms with E-state index >= 15 is 0 Å². The highest BCUT2D eigenvalue weighted by Crippen LogP contribution is 2.30. The van der Waals surface area contributed by atoms with Gasteiger partial charge in [0, 0.05) is 6.04 Å². The molecular weight excluding hydrogens is 186 g/mol. The predicted molar refractivity (Wildman–Crippen MR) is 56.2 cm³/mol. The number of hydrogen-bond donors (Lipinski definition) is 2. The predicted octanol–water partition coefficient (Wildman–Crippen LogP) is 1.71. The number of halogens is 1. The highest BCUT2D eigenvalue weighted by atomic mass is 35.5. The minimum atomic E-state index is -0.0307. The van der Waals surface area contributed by atoms with Crippen molar-refractivity contribution in [3.63, 3.8) is 0 Å². The molecular formula is C10H20ClNO. The molecule has 2 rings (SSSR count). The lowest BCUT2D eigenvalue weighted by molar-refractivity contribution is 0.101. The van der Waals surface area contributed by atoms with Crippen molar-refractivity contribution in [2.75, 3.05) is 6.54 Å². The van der Waals surface area contributed by atoms with E-state index < -0.39 is 0 Å². The van der Waals surface area contributed by atoms with Crippen LogP contribution in [0.1, 0.15) is 38.5 Å². The van der Waals surface area contributed by atoms with Crippen molar-refractivity contribution in [1.82, 2.24) is 5.32 Å². The number of nitrogens with one attached hydrogen (secondary N) is 1. The van der Waals surface area contributed by atoms with Crippen molar-refractivity contribution < 1.29 is 5.11 Å². The fraction of sp³-hybridized carbons (Fsp3) is 1.00. The Hall–Kier alpha value is 0.210. The summed E-state index contributed by atoms with van der Waals surface area (Å²) >= 11 is 0. The van der Waals surface area contributed by atoms with E-state index in [1.165, 1.54) is 25.7 Å². The smallest absolute Gasteiger partial charge is 0.0567 e. The largest absolute Gasteiger partial charge is 0.393 e. The zero-order valence-electron chi connectivity index (χ0n) is 8.04. The highest BCUT2D eigenvalue weighted by Gasteiger charge is 2.28. The quantitative estimate of drug-likeness (QED) is 0.683. The maximum atomic E-state index is 9.50. The molecule has 3 heteroatoms. The lowest BCUT2D eigenvalue weighted by Gasteiger charge is -2.31. The average Bonchev–Trinajstić information content (AvgIpc) is 2.56. The number of aliphatic hydroxyl groups is 1. The molecule has 0 aromatic carbocycles. The molecule has 1 aliphatic heterocycles. The first-order valence-corrected chi connectivity index (χ1v) is 5.28. The van der Waals surface area contributed by atoms with E-state index in [2.05, 4.69) is 5.32 Å². The summed E-state index contributed by atoms with van der Waals surface area (Å²) in [5.41, 5.74) is 0. The molecule has 0 radical (unpaired) electrons. The van der Waals surface area contributed by atoms with E-state index in [-0.39, 0.29) is 18.5 Å². The van der Waals surface area contributed by atoms with Gasteiger partial charge in [-0.2, -0.15) is 0 Å². The summed E-state index contributed by atoms with van der Waals surface area (Å²) in [5, 5.41) is 13.0. The molecule has 1 saturated heterocycles. The molecule has 2 fully saturated rings. The number of aliphatic hydroxyl groups excluding tert-OH is 1. The van der Waals surface area contributed by atoms with Crippen LogP contribution in [0.4, 0.5) is 0 Å². The molecule has 2 atom stereocenters. The summed E-state index contributed by atoms with van der Waals surface area (Å²) in [4.78, 5) is 0. The Labute approximate surface area is 86.5 Å². The molecule has 0 amide bonds. The van der Waals surface area contributed by atoms with Gasteiger partial charge in [-0.1, -0.05) is 12.8 Å². The Bertz CT molecular complexity index is 148. The summed E-state index contributed by atoms with van der Waals surface area (Å²) in [5.74, 6) is 0.861. The third-order valence-corrected chi connectivity index (χ3v) is 3.38. The van der Waals surface area contributed by atoms with Crippen LogP contribution in [-0.4, -0.2) is 23.8 Å². The van der Waals surface area contributed by atoms with Crippen molar-refractivity contribution >= 4 is 12.4 Å². The zero-order chi connectivity index (χ0) is 8.39. The van der Waals surface area contributed by atoms with Gasteiger partial charge in [0.2, 0.25) is 0 Å². The van der Waals surface area contributed by atoms with Crippen LogP contribution in [0.5, 0.6) is 0 Å². The number of hydrogen-bond acceptors (Lipinski definition) is 2. The van der Waals surface area contributed by atoms with Crippen molar-refractivity contribution in [3.8, 4) is 0 Å². The molecule has 13 heavy (non-hydrogen) atoms. The maximum absolute atomic E-state index is 9.50. The molecule has 0 spiro atoms. The van der Waals surface area contributed by atoms with E-state index in [0.717, 1.165) is 25.3 Å². The second-order valence-corrected chi connectivity index (χ2v) is 4.28. The highest BCUT2D eigenvalue weighted by molar-refractivity contribution is 5.85. The normalized spacial score (nSPS) is 35.8. The van der Waals surface area contributed by atoms with Gasteiger partial charge in [-0.25, -0.2) is 0 Å². The van der Waals surface area contributed by atoms with Crippen LogP contribution < -0.4 is 5.32 Å². The van der Waals surface area contributed by atoms with Crippen LogP contribution in [0, 0.1) is 5.92 Å². The first-order chi connectivity index (χ1) is 5.86. The van der Waals surface area contributed by atoms with Crippen LogP contribution in [0.15, 0.2) is 0 Å². The monoisotopic (exact) mass is 205 g/mol. The Balaban J connectivity index is 0.000000845. The van der Waals surface area contributed by atoms with Crippen LogP contribution in [-0.2, 0) is 0 Å². The van der Waals surface area contributed by atoms with E-state index in [1.54, 1.807) is 0 Å². The van der Waals surface area contributed by atoms with Crippen molar-refractivity contribution in [1.29, 1.82) is 0 Å². The Morgan fingerprint density at radius 2 is 1.77 bits per heavy atom. The molecule has 0 bridgehead atoms. The molecule has 2 unspecified atom stereocenters. The first-order valence-electron chi connectivity index (χ1n) is 5.28. The van der Waals surface area contributed by atoms with Crippen LogP contribution in [0.2, 0.25) is 0 Å². The summed E-state index contributed by atoms with van der Waals surface area (Å²) in [7, 11) is 0. The molecule has 2 aliphatic rings. The molecule has 0 aromatic heterocycles. The van der Waals surface area contributed by atoms with Crippen molar-refractivity contribution in [2.24, 2.45) is 5.92 Å². The molecule has 2 N–H and O–H groups in total. The fourth-order valence-corrected chi connectivity index (χ4v) is 2.65. The van der Waals surface area contributed by atoms with Gasteiger partial charge in [0.15, 0.2) is 0 Å². The molecule has 1 heterocycles. The minimum absolute atomic E-state index is 0. The van der Waals surface area contributed by atoms with Crippen LogP contribution in [0.3, 0.4) is 0 Å². The summed E-state index contributed by atoms with van der Waals surface area (Å²) < 4.78 is 0. The van der Waals surface area contributed by atoms with Crippen molar-refractivity contribution in [2.45, 2.75) is 50.7 Å². The fourth-order valence-electron chi connectivity index (χ4n) is 2.65. The Kier molecular flexibility index (Phi) is 4.50. The second-order valence-electron chi connectivity index (χ2n) is 4.28. The second kappa shape index (κ2) is 5.18. The van der Waals surface area contributed by atoms with Crippen LogP contribution in [0.25, 0.3) is 0 Å². The SMILES string of the molecule is Cl.OC1CCNC(C2CCCC2)C1. The molecule has 2 nitrogen and oxygen atoms in total. The summed E-state index contributed by atoms with van der Waals surface area (Å²) in [6.07, 6.45) is 7.47. The lowest BCUT2D eigenvalue weighted by atomic mass is 9.90. The Morgan fingerprint density at radius 1 is 1.08 bits per heavy atom. The average molecular weight is 206 g/mol. The van der Waals surface area contributed by atoms with Gasteiger partial charge in [-0.05, 0) is 38.1 Å².